The molecule has 0 radical (unpaired) electrons. The van der Waals surface area contributed by atoms with Crippen LogP contribution in [0, 0.1) is 5.82 Å². The summed E-state index contributed by atoms with van der Waals surface area (Å²) < 4.78 is 13.9. The number of halogens is 2. The van der Waals surface area contributed by atoms with Crippen LogP contribution in [-0.2, 0) is 6.54 Å². The maximum absolute atomic E-state index is 13.9. The molecular weight excluding hydrogens is 275 g/mol. The molecule has 0 aliphatic carbocycles. The van der Waals surface area contributed by atoms with Crippen molar-refractivity contribution >= 4 is 11.6 Å². The predicted octanol–water partition coefficient (Wildman–Crippen LogP) is 3.83. The molecule has 20 heavy (non-hydrogen) atoms. The Morgan fingerprint density at radius 3 is 2.75 bits per heavy atom. The summed E-state index contributed by atoms with van der Waals surface area (Å²) in [5, 5.41) is 4.20. The lowest BCUT2D eigenvalue weighted by Gasteiger charge is -2.35. The van der Waals surface area contributed by atoms with Gasteiger partial charge in [-0.05, 0) is 44.5 Å². The summed E-state index contributed by atoms with van der Waals surface area (Å²) in [5.74, 6) is -0.201. The summed E-state index contributed by atoms with van der Waals surface area (Å²) in [6.45, 7) is 7.99. The Morgan fingerprint density at radius 1 is 1.35 bits per heavy atom. The van der Waals surface area contributed by atoms with E-state index in [2.05, 4.69) is 24.1 Å². The second kappa shape index (κ2) is 6.88. The minimum atomic E-state index is -0.201. The van der Waals surface area contributed by atoms with Crippen molar-refractivity contribution in [3.05, 3.63) is 34.6 Å². The van der Waals surface area contributed by atoms with Crippen LogP contribution in [0.4, 0.5) is 4.39 Å². The van der Waals surface area contributed by atoms with Crippen LogP contribution >= 0.6 is 11.6 Å². The van der Waals surface area contributed by atoms with Crippen LogP contribution in [0.25, 0.3) is 0 Å². The van der Waals surface area contributed by atoms with Crippen molar-refractivity contribution in [2.75, 3.05) is 19.6 Å². The Kier molecular flexibility index (Phi) is 5.42. The van der Waals surface area contributed by atoms with E-state index in [0.29, 0.717) is 17.1 Å². The lowest BCUT2D eigenvalue weighted by molar-refractivity contribution is 0.189. The number of hydrogen-bond acceptors (Lipinski definition) is 2. The largest absolute Gasteiger partial charge is 0.310 e. The Bertz CT molecular complexity index is 426. The van der Waals surface area contributed by atoms with Gasteiger partial charge in [0.1, 0.15) is 5.82 Å². The van der Waals surface area contributed by atoms with Gasteiger partial charge >= 0.3 is 0 Å². The van der Waals surface area contributed by atoms with Gasteiger partial charge in [0.25, 0.3) is 0 Å². The normalized spacial score (nSPS) is 19.8. The fraction of sp³-hybridized carbons (Fsp3) is 0.625. The molecule has 0 unspecified atom stereocenters. The molecule has 2 rings (SSSR count). The van der Waals surface area contributed by atoms with Gasteiger partial charge in [-0.1, -0.05) is 31.5 Å². The fourth-order valence-corrected chi connectivity index (χ4v) is 3.21. The summed E-state index contributed by atoms with van der Waals surface area (Å²) in [6, 6.07) is 4.92. The Labute approximate surface area is 126 Å². The van der Waals surface area contributed by atoms with Crippen LogP contribution in [0.2, 0.25) is 5.02 Å². The maximum Gasteiger partial charge on any atom is 0.129 e. The first-order chi connectivity index (χ1) is 9.60. The van der Waals surface area contributed by atoms with E-state index in [9.17, 15) is 4.39 Å². The molecule has 1 aliphatic rings. The van der Waals surface area contributed by atoms with Gasteiger partial charge in [0.2, 0.25) is 0 Å². The third-order valence-corrected chi connectivity index (χ3v) is 4.83. The molecule has 1 aliphatic heterocycles. The van der Waals surface area contributed by atoms with Gasteiger partial charge in [-0.25, -0.2) is 4.39 Å². The molecule has 0 aromatic heterocycles. The van der Waals surface area contributed by atoms with Crippen LogP contribution in [0.15, 0.2) is 18.2 Å². The first kappa shape index (κ1) is 15.7. The zero-order valence-electron chi connectivity index (χ0n) is 12.4. The summed E-state index contributed by atoms with van der Waals surface area (Å²) in [5.41, 5.74) is 0.769. The van der Waals surface area contributed by atoms with Crippen LogP contribution in [0.1, 0.15) is 38.7 Å². The van der Waals surface area contributed by atoms with Crippen molar-refractivity contribution in [3.63, 3.8) is 0 Å². The Hall–Kier alpha value is -0.640. The Morgan fingerprint density at radius 2 is 2.10 bits per heavy atom. The van der Waals surface area contributed by atoms with Gasteiger partial charge in [0.15, 0.2) is 0 Å². The van der Waals surface area contributed by atoms with Crippen molar-refractivity contribution in [3.8, 4) is 0 Å². The van der Waals surface area contributed by atoms with Crippen molar-refractivity contribution in [1.82, 2.24) is 10.2 Å². The predicted molar refractivity (Wildman–Crippen MR) is 82.6 cm³/mol. The first-order valence-electron chi connectivity index (χ1n) is 7.50. The molecule has 1 fully saturated rings. The third-order valence-electron chi connectivity index (χ3n) is 4.47. The molecular formula is C16H24ClFN2. The van der Waals surface area contributed by atoms with Gasteiger partial charge in [-0.15, -0.1) is 0 Å². The average molecular weight is 299 g/mol. The first-order valence-corrected chi connectivity index (χ1v) is 7.88. The highest BCUT2D eigenvalue weighted by Gasteiger charge is 2.30. The third kappa shape index (κ3) is 3.51. The van der Waals surface area contributed by atoms with Crippen molar-refractivity contribution < 1.29 is 4.39 Å². The second-order valence-electron chi connectivity index (χ2n) is 5.68. The lowest BCUT2D eigenvalue weighted by atomic mass is 9.92. The molecule has 1 N–H and O–H groups in total. The highest BCUT2D eigenvalue weighted by atomic mass is 35.5. The van der Waals surface area contributed by atoms with Crippen molar-refractivity contribution in [2.24, 2.45) is 0 Å². The molecule has 0 bridgehead atoms. The Balaban J connectivity index is 2.15. The van der Waals surface area contributed by atoms with E-state index >= 15 is 0 Å². The monoisotopic (exact) mass is 298 g/mol. The number of hydrogen-bond donors (Lipinski definition) is 1. The van der Waals surface area contributed by atoms with Crippen LogP contribution in [0.3, 0.4) is 0 Å². The molecule has 0 saturated carbocycles. The molecule has 2 nitrogen and oxygen atoms in total. The minimum Gasteiger partial charge on any atom is -0.310 e. The van der Waals surface area contributed by atoms with E-state index in [-0.39, 0.29) is 11.4 Å². The number of benzene rings is 1. The lowest BCUT2D eigenvalue weighted by Crippen LogP contribution is -2.50. The zero-order chi connectivity index (χ0) is 14.6. The van der Waals surface area contributed by atoms with Gasteiger partial charge in [-0.2, -0.15) is 0 Å². The number of rotatable bonds is 4. The smallest absolute Gasteiger partial charge is 0.129 e. The zero-order valence-corrected chi connectivity index (χ0v) is 13.1. The summed E-state index contributed by atoms with van der Waals surface area (Å²) in [6.07, 6.45) is 3.27. The van der Waals surface area contributed by atoms with Gasteiger partial charge in [0.05, 0.1) is 0 Å². The molecule has 1 saturated heterocycles. The molecule has 0 atom stereocenters. The van der Waals surface area contributed by atoms with Gasteiger partial charge in [-0.3, -0.25) is 4.90 Å². The van der Waals surface area contributed by atoms with E-state index in [1.807, 2.05) is 0 Å². The maximum atomic E-state index is 13.9. The van der Waals surface area contributed by atoms with E-state index in [4.69, 9.17) is 11.6 Å². The summed E-state index contributed by atoms with van der Waals surface area (Å²) in [4.78, 5) is 2.33. The summed E-state index contributed by atoms with van der Waals surface area (Å²) >= 11 is 6.15. The van der Waals surface area contributed by atoms with Crippen LogP contribution in [0.5, 0.6) is 0 Å². The van der Waals surface area contributed by atoms with E-state index < -0.39 is 0 Å². The van der Waals surface area contributed by atoms with E-state index in [1.165, 1.54) is 6.07 Å². The van der Waals surface area contributed by atoms with Gasteiger partial charge in [0, 0.05) is 29.2 Å². The molecule has 1 aromatic rings. The molecule has 4 heteroatoms. The highest BCUT2D eigenvalue weighted by molar-refractivity contribution is 6.31. The molecule has 1 heterocycles. The minimum absolute atomic E-state index is 0.147. The SMILES string of the molecule is CCC1(CC)CN(Cc2c(F)cccc2Cl)CCCN1. The second-order valence-corrected chi connectivity index (χ2v) is 6.09. The highest BCUT2D eigenvalue weighted by Crippen LogP contribution is 2.25. The summed E-state index contributed by atoms with van der Waals surface area (Å²) in [7, 11) is 0. The van der Waals surface area contributed by atoms with E-state index in [0.717, 1.165) is 38.9 Å². The molecule has 0 amide bonds. The standard InChI is InChI=1S/C16H24ClFN2/c1-3-16(4-2)12-20(10-6-9-19-16)11-13-14(17)7-5-8-15(13)18/h5,7-8,19H,3-4,6,9-12H2,1-2H3. The quantitative estimate of drug-likeness (QED) is 0.909. The van der Waals surface area contributed by atoms with E-state index in [1.54, 1.807) is 12.1 Å². The topological polar surface area (TPSA) is 15.3 Å². The molecule has 112 valence electrons. The van der Waals surface area contributed by atoms with Crippen LogP contribution < -0.4 is 5.32 Å². The van der Waals surface area contributed by atoms with Gasteiger partial charge < -0.3 is 5.32 Å². The number of nitrogens with zero attached hydrogens (tertiary/aromatic N) is 1. The molecule has 1 aromatic carbocycles. The average Bonchev–Trinajstić information content (AvgIpc) is 2.66. The molecule has 0 spiro atoms. The van der Waals surface area contributed by atoms with Crippen molar-refractivity contribution in [1.29, 1.82) is 0 Å². The fourth-order valence-electron chi connectivity index (χ4n) is 2.98. The van der Waals surface area contributed by atoms with Crippen molar-refractivity contribution in [2.45, 2.75) is 45.2 Å². The van der Waals surface area contributed by atoms with Crippen LogP contribution in [-0.4, -0.2) is 30.1 Å². The number of nitrogens with one attached hydrogen (secondary N) is 1.